The second kappa shape index (κ2) is 5.79. The number of hydrogen-bond donors (Lipinski definition) is 2. The van der Waals surface area contributed by atoms with E-state index in [0.29, 0.717) is 10.0 Å². The summed E-state index contributed by atoms with van der Waals surface area (Å²) < 4.78 is 0.777. The number of aliphatic hydroxyl groups excluding tert-OH is 1. The van der Waals surface area contributed by atoms with Crippen LogP contribution in [0.3, 0.4) is 0 Å². The molecular weight excluding hydrogens is 325 g/mol. The first-order valence-corrected chi connectivity index (χ1v) is 7.22. The van der Waals surface area contributed by atoms with Gasteiger partial charge in [0.15, 0.2) is 0 Å². The normalized spacial score (nSPS) is 24.7. The van der Waals surface area contributed by atoms with E-state index in [2.05, 4.69) is 21.2 Å². The highest BCUT2D eigenvalue weighted by molar-refractivity contribution is 9.10. The molecule has 17 heavy (non-hydrogen) atoms. The number of benzene rings is 1. The van der Waals surface area contributed by atoms with Gasteiger partial charge in [-0.3, -0.25) is 0 Å². The lowest BCUT2D eigenvalue weighted by Crippen LogP contribution is -2.36. The molecule has 0 aliphatic heterocycles. The molecule has 2 nitrogen and oxygen atoms in total. The lowest BCUT2D eigenvalue weighted by atomic mass is 9.92. The Morgan fingerprint density at radius 2 is 1.88 bits per heavy atom. The molecule has 2 atom stereocenters. The Bertz CT molecular complexity index is 414. The molecule has 1 aliphatic rings. The molecule has 2 N–H and O–H groups in total. The smallest absolute Gasteiger partial charge is 0.0835 e. The van der Waals surface area contributed by atoms with Gasteiger partial charge in [-0.25, -0.2) is 0 Å². The molecule has 1 aromatic carbocycles. The van der Waals surface area contributed by atoms with E-state index in [-0.39, 0.29) is 12.1 Å². The predicted molar refractivity (Wildman–Crippen MR) is 76.0 cm³/mol. The first kappa shape index (κ1) is 13.5. The Balaban J connectivity index is 2.15. The van der Waals surface area contributed by atoms with Crippen molar-refractivity contribution in [3.05, 3.63) is 26.7 Å². The molecule has 0 aromatic heterocycles. The molecule has 5 heteroatoms. The van der Waals surface area contributed by atoms with E-state index in [0.717, 1.165) is 35.8 Å². The van der Waals surface area contributed by atoms with Gasteiger partial charge >= 0.3 is 0 Å². The summed E-state index contributed by atoms with van der Waals surface area (Å²) in [6.45, 7) is 0. The van der Waals surface area contributed by atoms with Crippen molar-refractivity contribution in [2.45, 2.75) is 37.8 Å². The van der Waals surface area contributed by atoms with Crippen LogP contribution in [0.5, 0.6) is 0 Å². The SMILES string of the molecule is O[C@H]1CCCC[C@@H]1Nc1ccc(Br)c(Cl)c1Cl. The van der Waals surface area contributed by atoms with Crippen LogP contribution in [0.15, 0.2) is 16.6 Å². The van der Waals surface area contributed by atoms with E-state index in [1.54, 1.807) is 0 Å². The first-order valence-electron chi connectivity index (χ1n) is 5.67. The Labute approximate surface area is 119 Å². The zero-order chi connectivity index (χ0) is 12.4. The highest BCUT2D eigenvalue weighted by atomic mass is 79.9. The van der Waals surface area contributed by atoms with Gasteiger partial charge in [0, 0.05) is 4.47 Å². The molecule has 1 aromatic rings. The average Bonchev–Trinajstić information content (AvgIpc) is 2.32. The van der Waals surface area contributed by atoms with Gasteiger partial charge in [0.1, 0.15) is 0 Å². The quantitative estimate of drug-likeness (QED) is 0.779. The van der Waals surface area contributed by atoms with Crippen molar-refractivity contribution in [2.24, 2.45) is 0 Å². The van der Waals surface area contributed by atoms with Crippen LogP contribution in [0, 0.1) is 0 Å². The fourth-order valence-corrected chi connectivity index (χ4v) is 2.95. The zero-order valence-corrected chi connectivity index (χ0v) is 12.3. The van der Waals surface area contributed by atoms with E-state index in [1.807, 2.05) is 12.1 Å². The van der Waals surface area contributed by atoms with Crippen molar-refractivity contribution in [3.63, 3.8) is 0 Å². The molecular formula is C12H14BrCl2NO. The lowest BCUT2D eigenvalue weighted by molar-refractivity contribution is 0.116. The molecule has 0 bridgehead atoms. The molecule has 0 saturated heterocycles. The number of halogens is 3. The third kappa shape index (κ3) is 3.08. The van der Waals surface area contributed by atoms with Gasteiger partial charge in [-0.2, -0.15) is 0 Å². The minimum atomic E-state index is -0.303. The van der Waals surface area contributed by atoms with Gasteiger partial charge in [0.25, 0.3) is 0 Å². The van der Waals surface area contributed by atoms with Crippen LogP contribution in [-0.2, 0) is 0 Å². The van der Waals surface area contributed by atoms with Crippen molar-refractivity contribution in [1.29, 1.82) is 0 Å². The highest BCUT2D eigenvalue weighted by Gasteiger charge is 2.23. The molecule has 0 spiro atoms. The topological polar surface area (TPSA) is 32.3 Å². The molecule has 94 valence electrons. The van der Waals surface area contributed by atoms with Crippen LogP contribution in [0.25, 0.3) is 0 Å². The highest BCUT2D eigenvalue weighted by Crippen LogP contribution is 2.37. The van der Waals surface area contributed by atoms with Crippen molar-refractivity contribution in [1.82, 2.24) is 0 Å². The Hall–Kier alpha value is 0.0400. The Morgan fingerprint density at radius 3 is 2.59 bits per heavy atom. The molecule has 0 radical (unpaired) electrons. The van der Waals surface area contributed by atoms with E-state index in [4.69, 9.17) is 23.2 Å². The van der Waals surface area contributed by atoms with Gasteiger partial charge in [-0.15, -0.1) is 0 Å². The van der Waals surface area contributed by atoms with E-state index < -0.39 is 0 Å². The molecule has 1 saturated carbocycles. The maximum atomic E-state index is 9.90. The van der Waals surface area contributed by atoms with E-state index in [9.17, 15) is 5.11 Å². The summed E-state index contributed by atoms with van der Waals surface area (Å²) in [6.07, 6.45) is 3.73. The van der Waals surface area contributed by atoms with Crippen molar-refractivity contribution in [3.8, 4) is 0 Å². The molecule has 0 amide bonds. The number of anilines is 1. The second-order valence-corrected chi connectivity index (χ2v) is 5.94. The number of hydrogen-bond acceptors (Lipinski definition) is 2. The average molecular weight is 339 g/mol. The van der Waals surface area contributed by atoms with Gasteiger partial charge in [0.05, 0.1) is 27.9 Å². The number of rotatable bonds is 2. The minimum absolute atomic E-state index is 0.0680. The van der Waals surface area contributed by atoms with Gasteiger partial charge in [-0.1, -0.05) is 36.0 Å². The number of aliphatic hydroxyl groups is 1. The van der Waals surface area contributed by atoms with Crippen LogP contribution in [0.1, 0.15) is 25.7 Å². The van der Waals surface area contributed by atoms with Gasteiger partial charge in [-0.05, 0) is 40.9 Å². The van der Waals surface area contributed by atoms with Crippen molar-refractivity contribution < 1.29 is 5.11 Å². The molecule has 0 heterocycles. The van der Waals surface area contributed by atoms with Crippen molar-refractivity contribution >= 4 is 44.8 Å². The van der Waals surface area contributed by atoms with Crippen LogP contribution in [0.2, 0.25) is 10.0 Å². The van der Waals surface area contributed by atoms with E-state index in [1.165, 1.54) is 0 Å². The maximum Gasteiger partial charge on any atom is 0.0835 e. The molecule has 2 rings (SSSR count). The predicted octanol–water partition coefficient (Wildman–Crippen LogP) is 4.47. The number of nitrogens with one attached hydrogen (secondary N) is 1. The fraction of sp³-hybridized carbons (Fsp3) is 0.500. The third-order valence-corrected chi connectivity index (χ3v) is 4.88. The standard InChI is InChI=1S/C12H14BrCl2NO/c13-7-5-6-9(12(15)11(7)14)16-8-3-1-2-4-10(8)17/h5-6,8,10,16-17H,1-4H2/t8-,10-/m0/s1. The Morgan fingerprint density at radius 1 is 1.18 bits per heavy atom. The van der Waals surface area contributed by atoms with Gasteiger partial charge < -0.3 is 10.4 Å². The van der Waals surface area contributed by atoms with Crippen LogP contribution in [-0.4, -0.2) is 17.3 Å². The fourth-order valence-electron chi connectivity index (χ4n) is 2.12. The van der Waals surface area contributed by atoms with Crippen LogP contribution in [0.4, 0.5) is 5.69 Å². The Kier molecular flexibility index (Phi) is 4.59. The monoisotopic (exact) mass is 337 g/mol. The summed E-state index contributed by atoms with van der Waals surface area (Å²) in [5.41, 5.74) is 0.783. The molecule has 1 aliphatic carbocycles. The molecule has 1 fully saturated rings. The summed E-state index contributed by atoms with van der Waals surface area (Å²) in [5.74, 6) is 0. The minimum Gasteiger partial charge on any atom is -0.391 e. The summed E-state index contributed by atoms with van der Waals surface area (Å²) in [6, 6.07) is 3.80. The summed E-state index contributed by atoms with van der Waals surface area (Å²) >= 11 is 15.5. The third-order valence-electron chi connectivity index (χ3n) is 3.11. The lowest BCUT2D eigenvalue weighted by Gasteiger charge is -2.29. The first-order chi connectivity index (χ1) is 8.09. The summed E-state index contributed by atoms with van der Waals surface area (Å²) in [7, 11) is 0. The van der Waals surface area contributed by atoms with Gasteiger partial charge in [0.2, 0.25) is 0 Å². The zero-order valence-electron chi connectivity index (χ0n) is 9.22. The van der Waals surface area contributed by atoms with Crippen LogP contribution < -0.4 is 5.32 Å². The van der Waals surface area contributed by atoms with E-state index >= 15 is 0 Å². The largest absolute Gasteiger partial charge is 0.391 e. The maximum absolute atomic E-state index is 9.90. The summed E-state index contributed by atoms with van der Waals surface area (Å²) in [5, 5.41) is 14.2. The second-order valence-electron chi connectivity index (χ2n) is 4.33. The molecule has 0 unspecified atom stereocenters. The summed E-state index contributed by atoms with van der Waals surface area (Å²) in [4.78, 5) is 0. The van der Waals surface area contributed by atoms with Crippen molar-refractivity contribution in [2.75, 3.05) is 5.32 Å². The van der Waals surface area contributed by atoms with Crippen LogP contribution >= 0.6 is 39.1 Å².